The van der Waals surface area contributed by atoms with E-state index in [-0.39, 0.29) is 18.2 Å². The fourth-order valence-corrected chi connectivity index (χ4v) is 3.60. The van der Waals surface area contributed by atoms with E-state index < -0.39 is 11.7 Å². The van der Waals surface area contributed by atoms with E-state index in [9.17, 15) is 14.3 Å². The van der Waals surface area contributed by atoms with E-state index in [0.717, 1.165) is 11.0 Å². The van der Waals surface area contributed by atoms with Crippen LogP contribution in [0.3, 0.4) is 0 Å². The van der Waals surface area contributed by atoms with Crippen molar-refractivity contribution in [1.29, 1.82) is 0 Å². The maximum atomic E-state index is 14.5. The summed E-state index contributed by atoms with van der Waals surface area (Å²) in [5.41, 5.74) is 8.46. The molecule has 27 heavy (non-hydrogen) atoms. The molecule has 1 heterocycles. The molecule has 0 spiro atoms. The number of carbonyl (C=O) groups excluding carboxylic acids is 1. The van der Waals surface area contributed by atoms with Crippen molar-refractivity contribution in [3.63, 3.8) is 0 Å². The highest BCUT2D eigenvalue weighted by atomic mass is 35.5. The van der Waals surface area contributed by atoms with Crippen LogP contribution in [0.5, 0.6) is 0 Å². The minimum absolute atomic E-state index is 0.0497. The van der Waals surface area contributed by atoms with Gasteiger partial charge in [0.2, 0.25) is 5.91 Å². The fraction of sp³-hybridized carbons (Fsp3) is 0.0952. The number of carbonyl (C=O) groups is 1. The van der Waals surface area contributed by atoms with Gasteiger partial charge in [-0.05, 0) is 42.0 Å². The van der Waals surface area contributed by atoms with Gasteiger partial charge in [-0.2, -0.15) is 0 Å². The smallest absolute Gasteiger partial charge is 0.249 e. The molecule has 6 heteroatoms. The first-order valence-corrected chi connectivity index (χ1v) is 8.68. The third kappa shape index (κ3) is 2.85. The average molecular weight is 382 g/mol. The van der Waals surface area contributed by atoms with E-state index >= 15 is 0 Å². The highest BCUT2D eigenvalue weighted by molar-refractivity contribution is 6.30. The lowest BCUT2D eigenvalue weighted by molar-refractivity contribution is 0.100. The number of aliphatic hydroxyl groups excluding tert-OH is 1. The summed E-state index contributed by atoms with van der Waals surface area (Å²) < 4.78 is 16.4. The zero-order chi connectivity index (χ0) is 19.1. The van der Waals surface area contributed by atoms with Gasteiger partial charge in [-0.15, -0.1) is 0 Å². The van der Waals surface area contributed by atoms with Crippen molar-refractivity contribution in [2.45, 2.75) is 13.2 Å². The van der Waals surface area contributed by atoms with Crippen LogP contribution in [0.25, 0.3) is 21.8 Å². The molecule has 1 radical (unpaired) electrons. The molecule has 4 nitrogen and oxygen atoms in total. The fourth-order valence-electron chi connectivity index (χ4n) is 3.41. The second-order valence-electron chi connectivity index (χ2n) is 6.29. The van der Waals surface area contributed by atoms with Crippen LogP contribution in [0.4, 0.5) is 4.39 Å². The number of aromatic nitrogens is 1. The van der Waals surface area contributed by atoms with E-state index in [0.29, 0.717) is 27.5 Å². The van der Waals surface area contributed by atoms with Gasteiger partial charge in [0.15, 0.2) is 0 Å². The molecular weight excluding hydrogens is 367 g/mol. The standard InChI is InChI=1S/C21H15ClFN2O2/c22-16-5-1-3-13(20(16)23)10-25-17-6-2-4-15(21(24)27)19(17)14-8-7-12(11-26)9-18(14)25/h1-7,9,26H,10-11H2,(H2,24,27). The largest absolute Gasteiger partial charge is 0.392 e. The predicted octanol–water partition coefficient (Wildman–Crippen LogP) is 4.03. The number of hydrogen-bond acceptors (Lipinski definition) is 2. The summed E-state index contributed by atoms with van der Waals surface area (Å²) >= 11 is 5.92. The summed E-state index contributed by atoms with van der Waals surface area (Å²) in [7, 11) is 0. The van der Waals surface area contributed by atoms with E-state index in [1.807, 2.05) is 10.6 Å². The van der Waals surface area contributed by atoms with Crippen LogP contribution in [-0.2, 0) is 13.2 Å². The van der Waals surface area contributed by atoms with Crippen LogP contribution < -0.4 is 5.73 Å². The maximum absolute atomic E-state index is 14.5. The molecular formula is C21H15ClFN2O2. The summed E-state index contributed by atoms with van der Waals surface area (Å²) in [6.45, 7) is 0.0551. The number of rotatable bonds is 4. The van der Waals surface area contributed by atoms with Gasteiger partial charge in [-0.1, -0.05) is 29.8 Å². The molecule has 1 amide bonds. The normalized spacial score (nSPS) is 11.4. The Balaban J connectivity index is 2.06. The Morgan fingerprint density at radius 3 is 2.74 bits per heavy atom. The first kappa shape index (κ1) is 17.5. The van der Waals surface area contributed by atoms with E-state index in [2.05, 4.69) is 6.07 Å². The minimum atomic E-state index is -0.548. The molecule has 0 aliphatic heterocycles. The lowest BCUT2D eigenvalue weighted by Gasteiger charge is -2.10. The van der Waals surface area contributed by atoms with Gasteiger partial charge in [0.1, 0.15) is 5.82 Å². The Kier molecular flexibility index (Phi) is 4.34. The van der Waals surface area contributed by atoms with Crippen molar-refractivity contribution in [2.75, 3.05) is 0 Å². The molecule has 0 saturated heterocycles. The van der Waals surface area contributed by atoms with Crippen LogP contribution in [0.15, 0.2) is 48.5 Å². The predicted molar refractivity (Wildman–Crippen MR) is 103 cm³/mol. The summed E-state index contributed by atoms with van der Waals surface area (Å²) in [4.78, 5) is 11.9. The second kappa shape index (κ2) is 6.68. The van der Waals surface area contributed by atoms with Crippen molar-refractivity contribution in [3.8, 4) is 0 Å². The SMILES string of the molecule is NC(=O)c1cccc2c1c1[c]cc(CO)cc1n2Cc1cccc(Cl)c1F. The minimum Gasteiger partial charge on any atom is -0.392 e. The number of benzene rings is 3. The van der Waals surface area contributed by atoms with Gasteiger partial charge in [0.05, 0.1) is 29.2 Å². The highest BCUT2D eigenvalue weighted by Crippen LogP contribution is 2.33. The molecule has 0 fully saturated rings. The Morgan fingerprint density at radius 1 is 1.22 bits per heavy atom. The van der Waals surface area contributed by atoms with Crippen LogP contribution in [0, 0.1) is 11.9 Å². The monoisotopic (exact) mass is 381 g/mol. The number of aliphatic hydroxyl groups is 1. The van der Waals surface area contributed by atoms with E-state index in [1.165, 1.54) is 6.07 Å². The van der Waals surface area contributed by atoms with Crippen molar-refractivity contribution in [3.05, 3.63) is 82.1 Å². The molecule has 3 aromatic carbocycles. The molecule has 1 aromatic heterocycles. The van der Waals surface area contributed by atoms with Crippen molar-refractivity contribution < 1.29 is 14.3 Å². The maximum Gasteiger partial charge on any atom is 0.249 e. The first-order valence-electron chi connectivity index (χ1n) is 8.30. The zero-order valence-electron chi connectivity index (χ0n) is 14.2. The summed E-state index contributed by atoms with van der Waals surface area (Å²) in [6.07, 6.45) is 0. The lowest BCUT2D eigenvalue weighted by Crippen LogP contribution is -2.11. The van der Waals surface area contributed by atoms with Crippen LogP contribution in [-0.4, -0.2) is 15.6 Å². The number of halogens is 2. The zero-order valence-corrected chi connectivity index (χ0v) is 14.9. The highest BCUT2D eigenvalue weighted by Gasteiger charge is 2.18. The Bertz CT molecular complexity index is 1200. The number of nitrogens with zero attached hydrogens (tertiary/aromatic N) is 1. The molecule has 0 bridgehead atoms. The number of amides is 1. The van der Waals surface area contributed by atoms with Gasteiger partial charge in [0.25, 0.3) is 0 Å². The summed E-state index contributed by atoms with van der Waals surface area (Å²) in [5.74, 6) is -1.03. The Morgan fingerprint density at radius 2 is 2.00 bits per heavy atom. The molecule has 4 rings (SSSR count). The van der Waals surface area contributed by atoms with E-state index in [1.54, 1.807) is 36.4 Å². The van der Waals surface area contributed by atoms with Gasteiger partial charge in [-0.25, -0.2) is 4.39 Å². The van der Waals surface area contributed by atoms with Crippen LogP contribution in [0.2, 0.25) is 5.02 Å². The number of hydrogen-bond donors (Lipinski definition) is 2. The van der Waals surface area contributed by atoms with Gasteiger partial charge < -0.3 is 15.4 Å². The summed E-state index contributed by atoms with van der Waals surface area (Å²) in [6, 6.07) is 16.7. The molecule has 0 aliphatic carbocycles. The van der Waals surface area contributed by atoms with Gasteiger partial charge in [-0.3, -0.25) is 4.79 Å². The quantitative estimate of drug-likeness (QED) is 0.560. The number of fused-ring (bicyclic) bond motifs is 3. The lowest BCUT2D eigenvalue weighted by atomic mass is 10.0. The summed E-state index contributed by atoms with van der Waals surface area (Å²) in [5, 5.41) is 10.9. The second-order valence-corrected chi connectivity index (χ2v) is 6.70. The average Bonchev–Trinajstić information content (AvgIpc) is 2.98. The first-order chi connectivity index (χ1) is 13.0. The molecule has 0 aliphatic rings. The topological polar surface area (TPSA) is 68.2 Å². The van der Waals surface area contributed by atoms with Crippen molar-refractivity contribution >= 4 is 39.3 Å². The molecule has 4 aromatic rings. The third-order valence-electron chi connectivity index (χ3n) is 4.66. The Labute approximate surface area is 159 Å². The molecule has 0 unspecified atom stereocenters. The third-order valence-corrected chi connectivity index (χ3v) is 4.95. The number of nitrogens with two attached hydrogens (primary N) is 1. The molecule has 0 atom stereocenters. The van der Waals surface area contributed by atoms with Crippen LogP contribution >= 0.6 is 11.6 Å². The van der Waals surface area contributed by atoms with Crippen LogP contribution in [0.1, 0.15) is 21.5 Å². The molecule has 0 saturated carbocycles. The molecule has 3 N–H and O–H groups in total. The van der Waals surface area contributed by atoms with Crippen molar-refractivity contribution in [2.24, 2.45) is 5.73 Å². The molecule has 135 valence electrons. The van der Waals surface area contributed by atoms with E-state index in [4.69, 9.17) is 17.3 Å². The number of primary amides is 1. The van der Waals surface area contributed by atoms with Gasteiger partial charge in [0, 0.05) is 21.9 Å². The van der Waals surface area contributed by atoms with Crippen molar-refractivity contribution in [1.82, 2.24) is 4.57 Å². The van der Waals surface area contributed by atoms with Gasteiger partial charge >= 0.3 is 0 Å². The Hall–Kier alpha value is -2.89.